The lowest BCUT2D eigenvalue weighted by atomic mass is 10.2. The van der Waals surface area contributed by atoms with Crippen LogP contribution in [0.25, 0.3) is 0 Å². The van der Waals surface area contributed by atoms with Crippen LogP contribution in [0.5, 0.6) is 0 Å². The molecule has 112 valence electrons. The highest BCUT2D eigenvalue weighted by Gasteiger charge is 2.27. The van der Waals surface area contributed by atoms with Crippen LogP contribution in [-0.4, -0.2) is 44.9 Å². The highest BCUT2D eigenvalue weighted by Crippen LogP contribution is 2.18. The van der Waals surface area contributed by atoms with Crippen LogP contribution in [0.2, 0.25) is 0 Å². The monoisotopic (exact) mass is 297 g/mol. The highest BCUT2D eigenvalue weighted by molar-refractivity contribution is 7.87. The molecule has 5 nitrogen and oxygen atoms in total. The van der Waals surface area contributed by atoms with Crippen LogP contribution in [0, 0.1) is 6.92 Å². The normalized spacial score (nSPS) is 17.7. The Labute approximate surface area is 121 Å². The van der Waals surface area contributed by atoms with Crippen molar-refractivity contribution in [3.05, 3.63) is 29.8 Å². The highest BCUT2D eigenvalue weighted by atomic mass is 32.2. The summed E-state index contributed by atoms with van der Waals surface area (Å²) in [5, 5.41) is 0. The Morgan fingerprint density at radius 2 is 1.80 bits per heavy atom. The van der Waals surface area contributed by atoms with Gasteiger partial charge < -0.3 is 4.90 Å². The fourth-order valence-electron chi connectivity index (χ4n) is 2.38. The van der Waals surface area contributed by atoms with Crippen molar-refractivity contribution in [3.8, 4) is 0 Å². The first-order valence-corrected chi connectivity index (χ1v) is 8.41. The molecule has 1 fully saturated rings. The largest absolute Gasteiger partial charge is 0.369 e. The second-order valence-electron chi connectivity index (χ2n) is 5.50. The number of nitrogens with one attached hydrogen (secondary N) is 1. The Kier molecular flexibility index (Phi) is 4.67. The lowest BCUT2D eigenvalue weighted by Crippen LogP contribution is -2.53. The number of piperazine rings is 1. The lowest BCUT2D eigenvalue weighted by molar-refractivity contribution is 0.375. The lowest BCUT2D eigenvalue weighted by Gasteiger charge is -2.35. The Morgan fingerprint density at radius 1 is 1.15 bits per heavy atom. The summed E-state index contributed by atoms with van der Waals surface area (Å²) in [4.78, 5) is 2.23. The van der Waals surface area contributed by atoms with Gasteiger partial charge >= 0.3 is 0 Å². The summed E-state index contributed by atoms with van der Waals surface area (Å²) in [6.45, 7) is 8.23. The van der Waals surface area contributed by atoms with E-state index in [4.69, 9.17) is 0 Å². The molecule has 2 rings (SSSR count). The number of benzene rings is 1. The molecular formula is C14H23N3O2S. The zero-order valence-corrected chi connectivity index (χ0v) is 13.2. The maximum atomic E-state index is 12.1. The summed E-state index contributed by atoms with van der Waals surface area (Å²) in [6, 6.07) is 8.24. The summed E-state index contributed by atoms with van der Waals surface area (Å²) in [6.07, 6.45) is 0. The van der Waals surface area contributed by atoms with Gasteiger partial charge in [-0.15, -0.1) is 0 Å². The zero-order chi connectivity index (χ0) is 14.8. The number of rotatable bonds is 4. The fourth-order valence-corrected chi connectivity index (χ4v) is 3.77. The summed E-state index contributed by atoms with van der Waals surface area (Å²) < 4.78 is 28.3. The summed E-state index contributed by atoms with van der Waals surface area (Å²) in [7, 11) is -3.34. The molecule has 1 saturated heterocycles. The quantitative estimate of drug-likeness (QED) is 0.913. The van der Waals surface area contributed by atoms with Crippen LogP contribution in [0.1, 0.15) is 19.4 Å². The third kappa shape index (κ3) is 3.71. The minimum atomic E-state index is -3.34. The van der Waals surface area contributed by atoms with Gasteiger partial charge in [-0.1, -0.05) is 12.1 Å². The number of aryl methyl sites for hydroxylation is 1. The summed E-state index contributed by atoms with van der Waals surface area (Å²) >= 11 is 0. The minimum Gasteiger partial charge on any atom is -0.369 e. The van der Waals surface area contributed by atoms with E-state index in [1.54, 1.807) is 0 Å². The Bertz CT molecular complexity index is 549. The van der Waals surface area contributed by atoms with E-state index < -0.39 is 10.2 Å². The van der Waals surface area contributed by atoms with E-state index in [-0.39, 0.29) is 6.04 Å². The molecular weight excluding hydrogens is 274 g/mol. The Hall–Kier alpha value is -1.11. The zero-order valence-electron chi connectivity index (χ0n) is 12.3. The van der Waals surface area contributed by atoms with Crippen LogP contribution in [0.15, 0.2) is 24.3 Å². The smallest absolute Gasteiger partial charge is 0.279 e. The molecule has 0 saturated carbocycles. The molecule has 0 aliphatic carbocycles. The van der Waals surface area contributed by atoms with Crippen LogP contribution in [0.4, 0.5) is 5.69 Å². The van der Waals surface area contributed by atoms with Gasteiger partial charge in [0.25, 0.3) is 10.2 Å². The van der Waals surface area contributed by atoms with Crippen molar-refractivity contribution in [2.75, 3.05) is 31.1 Å². The van der Waals surface area contributed by atoms with Crippen molar-refractivity contribution in [1.29, 1.82) is 0 Å². The van der Waals surface area contributed by atoms with Gasteiger partial charge in [0, 0.05) is 37.9 Å². The van der Waals surface area contributed by atoms with Gasteiger partial charge in [0.05, 0.1) is 0 Å². The maximum absolute atomic E-state index is 12.1. The minimum absolute atomic E-state index is 0.0743. The molecule has 0 radical (unpaired) electrons. The molecule has 0 atom stereocenters. The standard InChI is InChI=1S/C14H23N3O2S/c1-12(2)15-20(18,19)17-9-7-16(8-10-17)14-6-4-5-13(3)11-14/h4-6,11-12,15H,7-10H2,1-3H3. The number of hydrogen-bond donors (Lipinski definition) is 1. The Balaban J connectivity index is 1.99. The van der Waals surface area contributed by atoms with Gasteiger partial charge in [-0.05, 0) is 38.5 Å². The van der Waals surface area contributed by atoms with Crippen molar-refractivity contribution in [3.63, 3.8) is 0 Å². The SMILES string of the molecule is Cc1cccc(N2CCN(S(=O)(=O)NC(C)C)CC2)c1. The molecule has 1 aliphatic rings. The first-order valence-electron chi connectivity index (χ1n) is 6.97. The van der Waals surface area contributed by atoms with E-state index >= 15 is 0 Å². The van der Waals surface area contributed by atoms with E-state index in [2.05, 4.69) is 34.7 Å². The summed E-state index contributed by atoms with van der Waals surface area (Å²) in [5.41, 5.74) is 2.39. The molecule has 1 aromatic carbocycles. The number of anilines is 1. The van der Waals surface area contributed by atoms with Crippen molar-refractivity contribution in [2.24, 2.45) is 0 Å². The van der Waals surface area contributed by atoms with Crippen LogP contribution < -0.4 is 9.62 Å². The van der Waals surface area contributed by atoms with E-state index in [1.165, 1.54) is 15.6 Å². The van der Waals surface area contributed by atoms with Gasteiger partial charge in [-0.25, -0.2) is 0 Å². The van der Waals surface area contributed by atoms with Gasteiger partial charge in [0.2, 0.25) is 0 Å². The van der Waals surface area contributed by atoms with Gasteiger partial charge in [-0.3, -0.25) is 0 Å². The maximum Gasteiger partial charge on any atom is 0.279 e. The summed E-state index contributed by atoms with van der Waals surface area (Å²) in [5.74, 6) is 0. The molecule has 0 bridgehead atoms. The third-order valence-electron chi connectivity index (χ3n) is 3.33. The predicted octanol–water partition coefficient (Wildman–Crippen LogP) is 1.36. The number of nitrogens with zero attached hydrogens (tertiary/aromatic N) is 2. The fraction of sp³-hybridized carbons (Fsp3) is 0.571. The Morgan fingerprint density at radius 3 is 2.35 bits per heavy atom. The molecule has 0 aromatic heterocycles. The molecule has 0 unspecified atom stereocenters. The topological polar surface area (TPSA) is 52.7 Å². The van der Waals surface area contributed by atoms with E-state index in [1.807, 2.05) is 19.9 Å². The average molecular weight is 297 g/mol. The van der Waals surface area contributed by atoms with Crippen molar-refractivity contribution < 1.29 is 8.42 Å². The van der Waals surface area contributed by atoms with Gasteiger partial charge in [-0.2, -0.15) is 17.4 Å². The molecule has 0 amide bonds. The van der Waals surface area contributed by atoms with Crippen molar-refractivity contribution in [1.82, 2.24) is 9.03 Å². The second kappa shape index (κ2) is 6.11. The molecule has 1 N–H and O–H groups in total. The van der Waals surface area contributed by atoms with Gasteiger partial charge in [0.1, 0.15) is 0 Å². The first-order chi connectivity index (χ1) is 9.38. The van der Waals surface area contributed by atoms with E-state index in [0.717, 1.165) is 13.1 Å². The number of hydrogen-bond acceptors (Lipinski definition) is 3. The van der Waals surface area contributed by atoms with Crippen LogP contribution in [0.3, 0.4) is 0 Å². The second-order valence-corrected chi connectivity index (χ2v) is 7.20. The first kappa shape index (κ1) is 15.3. The molecule has 20 heavy (non-hydrogen) atoms. The third-order valence-corrected chi connectivity index (χ3v) is 5.14. The van der Waals surface area contributed by atoms with E-state index in [9.17, 15) is 8.42 Å². The van der Waals surface area contributed by atoms with Crippen molar-refractivity contribution in [2.45, 2.75) is 26.8 Å². The van der Waals surface area contributed by atoms with Crippen LogP contribution >= 0.6 is 0 Å². The van der Waals surface area contributed by atoms with Crippen LogP contribution in [-0.2, 0) is 10.2 Å². The average Bonchev–Trinajstić information content (AvgIpc) is 2.37. The molecule has 1 aliphatic heterocycles. The predicted molar refractivity (Wildman–Crippen MR) is 82.2 cm³/mol. The molecule has 1 aromatic rings. The van der Waals surface area contributed by atoms with Gasteiger partial charge in [0.15, 0.2) is 0 Å². The molecule has 1 heterocycles. The van der Waals surface area contributed by atoms with Crippen molar-refractivity contribution >= 4 is 15.9 Å². The molecule has 0 spiro atoms. The molecule has 6 heteroatoms. The van der Waals surface area contributed by atoms with E-state index in [0.29, 0.717) is 13.1 Å².